The highest BCUT2D eigenvalue weighted by molar-refractivity contribution is 9.10. The lowest BCUT2D eigenvalue weighted by Crippen LogP contribution is -2.46. The van der Waals surface area contributed by atoms with E-state index in [2.05, 4.69) is 50.9 Å². The number of hydrogen-bond acceptors (Lipinski definition) is 3. The summed E-state index contributed by atoms with van der Waals surface area (Å²) >= 11 is 3.58. The van der Waals surface area contributed by atoms with Crippen molar-refractivity contribution in [2.24, 2.45) is 5.73 Å². The Morgan fingerprint density at radius 1 is 1.21 bits per heavy atom. The average molecular weight is 326 g/mol. The van der Waals surface area contributed by atoms with Crippen molar-refractivity contribution in [1.29, 1.82) is 0 Å². The van der Waals surface area contributed by atoms with Gasteiger partial charge >= 0.3 is 0 Å². The molecule has 0 atom stereocenters. The molecule has 0 saturated carbocycles. The highest BCUT2D eigenvalue weighted by Crippen LogP contribution is 2.26. The molecule has 4 heteroatoms. The summed E-state index contributed by atoms with van der Waals surface area (Å²) in [6.45, 7) is 8.76. The Labute approximate surface area is 124 Å². The minimum atomic E-state index is 0.713. The largest absolute Gasteiger partial charge is 0.369 e. The molecule has 1 aromatic carbocycles. The summed E-state index contributed by atoms with van der Waals surface area (Å²) < 4.78 is 1.15. The van der Waals surface area contributed by atoms with E-state index in [0.717, 1.165) is 24.0 Å². The summed E-state index contributed by atoms with van der Waals surface area (Å²) in [6, 6.07) is 6.55. The first-order valence-corrected chi connectivity index (χ1v) is 7.99. The molecule has 0 spiro atoms. The van der Waals surface area contributed by atoms with E-state index in [0.29, 0.717) is 6.54 Å². The zero-order valence-electron chi connectivity index (χ0n) is 11.7. The van der Waals surface area contributed by atoms with Gasteiger partial charge in [-0.1, -0.05) is 28.9 Å². The number of benzene rings is 1. The minimum absolute atomic E-state index is 0.713. The summed E-state index contributed by atoms with van der Waals surface area (Å²) in [7, 11) is 0. The Balaban J connectivity index is 2.07. The lowest BCUT2D eigenvalue weighted by Gasteiger charge is -2.37. The van der Waals surface area contributed by atoms with E-state index in [4.69, 9.17) is 5.73 Å². The van der Waals surface area contributed by atoms with Crippen LogP contribution >= 0.6 is 15.9 Å². The van der Waals surface area contributed by atoms with Gasteiger partial charge in [0.25, 0.3) is 0 Å². The number of hydrogen-bond donors (Lipinski definition) is 1. The van der Waals surface area contributed by atoms with E-state index in [1.807, 2.05) is 0 Å². The van der Waals surface area contributed by atoms with E-state index in [1.165, 1.54) is 37.3 Å². The monoisotopic (exact) mass is 325 g/mol. The predicted molar refractivity (Wildman–Crippen MR) is 85.8 cm³/mol. The fourth-order valence-corrected chi connectivity index (χ4v) is 3.08. The number of nitrogens with two attached hydrogens (primary N) is 1. The van der Waals surface area contributed by atoms with Gasteiger partial charge in [-0.05, 0) is 43.6 Å². The number of halogens is 1. The molecule has 1 aliphatic rings. The van der Waals surface area contributed by atoms with Gasteiger partial charge < -0.3 is 10.6 Å². The van der Waals surface area contributed by atoms with E-state index < -0.39 is 0 Å². The molecule has 1 aromatic rings. The van der Waals surface area contributed by atoms with Crippen LogP contribution in [0.25, 0.3) is 0 Å². The number of anilines is 1. The maximum absolute atomic E-state index is 5.72. The van der Waals surface area contributed by atoms with Crippen LogP contribution in [0.4, 0.5) is 5.69 Å². The molecule has 1 heterocycles. The highest BCUT2D eigenvalue weighted by atomic mass is 79.9. The Morgan fingerprint density at radius 2 is 1.95 bits per heavy atom. The number of nitrogens with zero attached hydrogens (tertiary/aromatic N) is 2. The fourth-order valence-electron chi connectivity index (χ4n) is 2.73. The van der Waals surface area contributed by atoms with Crippen molar-refractivity contribution in [2.75, 3.05) is 44.2 Å². The molecule has 19 heavy (non-hydrogen) atoms. The predicted octanol–water partition coefficient (Wildman–Crippen LogP) is 2.48. The maximum Gasteiger partial charge on any atom is 0.0411 e. The molecule has 0 aliphatic carbocycles. The van der Waals surface area contributed by atoms with E-state index in [-0.39, 0.29) is 0 Å². The molecular formula is C15H24BrN3. The second-order valence-corrected chi connectivity index (χ2v) is 6.06. The molecule has 3 nitrogen and oxygen atoms in total. The van der Waals surface area contributed by atoms with Gasteiger partial charge in [0.15, 0.2) is 0 Å². The normalized spacial score (nSPS) is 16.9. The van der Waals surface area contributed by atoms with Crippen molar-refractivity contribution >= 4 is 21.6 Å². The molecule has 0 bridgehead atoms. The van der Waals surface area contributed by atoms with Crippen LogP contribution in [0.1, 0.15) is 18.9 Å². The standard InChI is InChI=1S/C15H24BrN3/c1-2-7-18-8-10-19(11-9-18)15-12-14(16)4-3-13(15)5-6-17/h3-4,12H,2,5-11,17H2,1H3. The minimum Gasteiger partial charge on any atom is -0.369 e. The summed E-state index contributed by atoms with van der Waals surface area (Å²) in [6.07, 6.45) is 2.20. The van der Waals surface area contributed by atoms with Gasteiger partial charge in [-0.15, -0.1) is 0 Å². The molecule has 0 unspecified atom stereocenters. The summed E-state index contributed by atoms with van der Waals surface area (Å²) in [4.78, 5) is 5.05. The molecule has 1 saturated heterocycles. The third-order valence-corrected chi connectivity index (χ3v) is 4.21. The molecule has 1 fully saturated rings. The van der Waals surface area contributed by atoms with Crippen molar-refractivity contribution < 1.29 is 0 Å². The van der Waals surface area contributed by atoms with Gasteiger partial charge in [-0.3, -0.25) is 4.90 Å². The molecule has 106 valence electrons. The van der Waals surface area contributed by atoms with Gasteiger partial charge in [0, 0.05) is 36.3 Å². The van der Waals surface area contributed by atoms with Gasteiger partial charge in [0.05, 0.1) is 0 Å². The summed E-state index contributed by atoms with van der Waals surface area (Å²) in [5, 5.41) is 0. The molecule has 0 aromatic heterocycles. The molecule has 2 N–H and O–H groups in total. The van der Waals surface area contributed by atoms with Crippen LogP contribution in [0, 0.1) is 0 Å². The lowest BCUT2D eigenvalue weighted by molar-refractivity contribution is 0.258. The molecule has 0 amide bonds. The van der Waals surface area contributed by atoms with Crippen LogP contribution in [0.15, 0.2) is 22.7 Å². The van der Waals surface area contributed by atoms with Crippen molar-refractivity contribution in [3.63, 3.8) is 0 Å². The van der Waals surface area contributed by atoms with Gasteiger partial charge in [0.1, 0.15) is 0 Å². The topological polar surface area (TPSA) is 32.5 Å². The zero-order valence-corrected chi connectivity index (χ0v) is 13.3. The van der Waals surface area contributed by atoms with Gasteiger partial charge in [-0.25, -0.2) is 0 Å². The maximum atomic E-state index is 5.72. The number of rotatable bonds is 5. The van der Waals surface area contributed by atoms with E-state index in [1.54, 1.807) is 0 Å². The van der Waals surface area contributed by atoms with Crippen molar-refractivity contribution in [3.05, 3.63) is 28.2 Å². The lowest BCUT2D eigenvalue weighted by atomic mass is 10.1. The van der Waals surface area contributed by atoms with Crippen LogP contribution < -0.4 is 10.6 Å². The zero-order chi connectivity index (χ0) is 13.7. The molecule has 1 aliphatic heterocycles. The average Bonchev–Trinajstić information content (AvgIpc) is 2.42. The molecular weight excluding hydrogens is 302 g/mol. The Morgan fingerprint density at radius 3 is 2.58 bits per heavy atom. The van der Waals surface area contributed by atoms with Crippen molar-refractivity contribution in [1.82, 2.24) is 4.90 Å². The van der Waals surface area contributed by atoms with Crippen LogP contribution in [-0.4, -0.2) is 44.2 Å². The first kappa shape index (κ1) is 14.8. The van der Waals surface area contributed by atoms with Crippen molar-refractivity contribution in [3.8, 4) is 0 Å². The first-order chi connectivity index (χ1) is 9.24. The SMILES string of the molecule is CCCN1CCN(c2cc(Br)ccc2CCN)CC1. The van der Waals surface area contributed by atoms with Crippen LogP contribution in [0.3, 0.4) is 0 Å². The molecule has 2 rings (SSSR count). The van der Waals surface area contributed by atoms with Crippen LogP contribution in [-0.2, 0) is 6.42 Å². The fraction of sp³-hybridized carbons (Fsp3) is 0.600. The Bertz CT molecular complexity index is 400. The highest BCUT2D eigenvalue weighted by Gasteiger charge is 2.18. The number of piperazine rings is 1. The Hall–Kier alpha value is -0.580. The molecule has 0 radical (unpaired) electrons. The second-order valence-electron chi connectivity index (χ2n) is 5.14. The third-order valence-electron chi connectivity index (χ3n) is 3.71. The quantitative estimate of drug-likeness (QED) is 0.902. The van der Waals surface area contributed by atoms with Gasteiger partial charge in [-0.2, -0.15) is 0 Å². The van der Waals surface area contributed by atoms with Crippen LogP contribution in [0.2, 0.25) is 0 Å². The second kappa shape index (κ2) is 7.27. The first-order valence-electron chi connectivity index (χ1n) is 7.20. The van der Waals surface area contributed by atoms with Crippen molar-refractivity contribution in [2.45, 2.75) is 19.8 Å². The van der Waals surface area contributed by atoms with Crippen LogP contribution in [0.5, 0.6) is 0 Å². The third kappa shape index (κ3) is 3.94. The Kier molecular flexibility index (Phi) is 5.67. The smallest absolute Gasteiger partial charge is 0.0411 e. The van der Waals surface area contributed by atoms with E-state index >= 15 is 0 Å². The van der Waals surface area contributed by atoms with Gasteiger partial charge in [0.2, 0.25) is 0 Å². The summed E-state index contributed by atoms with van der Waals surface area (Å²) in [5.41, 5.74) is 8.45. The van der Waals surface area contributed by atoms with E-state index in [9.17, 15) is 0 Å². The summed E-state index contributed by atoms with van der Waals surface area (Å²) in [5.74, 6) is 0.